The van der Waals surface area contributed by atoms with Gasteiger partial charge in [-0.25, -0.2) is 0 Å². The third-order valence-electron chi connectivity index (χ3n) is 3.23. The van der Waals surface area contributed by atoms with Gasteiger partial charge >= 0.3 is 0 Å². The van der Waals surface area contributed by atoms with Crippen LogP contribution in [0, 0.1) is 13.8 Å². The molecule has 1 aromatic heterocycles. The number of nitrogens with zero attached hydrogens (tertiary/aromatic N) is 2. The lowest BCUT2D eigenvalue weighted by atomic mass is 10.2. The molecule has 5 heteroatoms. The standard InChI is InChI=1S/C15H20ClN3O/c1-5-17-9-12-6-7-14(13(16)8-12)20-15-10(2)18-19(4)11(15)3/h6-8,17H,5,9H2,1-4H3. The first-order valence-corrected chi connectivity index (χ1v) is 7.08. The van der Waals surface area contributed by atoms with Crippen molar-refractivity contribution in [1.29, 1.82) is 0 Å². The highest BCUT2D eigenvalue weighted by Gasteiger charge is 2.13. The summed E-state index contributed by atoms with van der Waals surface area (Å²) in [6, 6.07) is 5.85. The fraction of sp³-hybridized carbons (Fsp3) is 0.400. The Morgan fingerprint density at radius 2 is 2.10 bits per heavy atom. The van der Waals surface area contributed by atoms with Crippen molar-refractivity contribution in [2.45, 2.75) is 27.3 Å². The maximum atomic E-state index is 6.29. The molecule has 0 saturated carbocycles. The van der Waals surface area contributed by atoms with Gasteiger partial charge in [-0.1, -0.05) is 24.6 Å². The zero-order valence-corrected chi connectivity index (χ0v) is 13.1. The van der Waals surface area contributed by atoms with Crippen molar-refractivity contribution in [2.75, 3.05) is 6.54 Å². The molecular formula is C15H20ClN3O. The molecule has 0 bridgehead atoms. The fourth-order valence-electron chi connectivity index (χ4n) is 2.02. The van der Waals surface area contributed by atoms with Crippen molar-refractivity contribution in [3.63, 3.8) is 0 Å². The molecule has 2 aromatic rings. The van der Waals surface area contributed by atoms with E-state index < -0.39 is 0 Å². The average molecular weight is 294 g/mol. The topological polar surface area (TPSA) is 39.1 Å². The second-order valence-electron chi connectivity index (χ2n) is 4.77. The smallest absolute Gasteiger partial charge is 0.171 e. The molecule has 108 valence electrons. The van der Waals surface area contributed by atoms with E-state index in [4.69, 9.17) is 16.3 Å². The highest BCUT2D eigenvalue weighted by atomic mass is 35.5. The molecule has 0 aliphatic heterocycles. The molecule has 20 heavy (non-hydrogen) atoms. The van der Waals surface area contributed by atoms with Crippen LogP contribution in [0.25, 0.3) is 0 Å². The summed E-state index contributed by atoms with van der Waals surface area (Å²) in [5.74, 6) is 1.43. The number of rotatable bonds is 5. The van der Waals surface area contributed by atoms with Crippen molar-refractivity contribution < 1.29 is 4.74 Å². The molecule has 0 aliphatic carbocycles. The van der Waals surface area contributed by atoms with Crippen molar-refractivity contribution in [1.82, 2.24) is 15.1 Å². The number of ether oxygens (including phenoxy) is 1. The minimum absolute atomic E-state index is 0.614. The van der Waals surface area contributed by atoms with Gasteiger partial charge in [-0.15, -0.1) is 0 Å². The highest BCUT2D eigenvalue weighted by Crippen LogP contribution is 2.33. The maximum absolute atomic E-state index is 6.29. The van der Waals surface area contributed by atoms with Crippen LogP contribution in [-0.2, 0) is 13.6 Å². The largest absolute Gasteiger partial charge is 0.452 e. The van der Waals surface area contributed by atoms with Crippen LogP contribution >= 0.6 is 11.6 Å². The predicted molar refractivity (Wildman–Crippen MR) is 81.6 cm³/mol. The second-order valence-corrected chi connectivity index (χ2v) is 5.18. The van der Waals surface area contributed by atoms with Gasteiger partial charge in [0.1, 0.15) is 11.4 Å². The van der Waals surface area contributed by atoms with Gasteiger partial charge in [-0.2, -0.15) is 5.10 Å². The number of benzene rings is 1. The number of hydrogen-bond donors (Lipinski definition) is 1. The molecule has 2 rings (SSSR count). The van der Waals surface area contributed by atoms with Crippen LogP contribution in [0.5, 0.6) is 11.5 Å². The first-order valence-electron chi connectivity index (χ1n) is 6.70. The zero-order chi connectivity index (χ0) is 14.7. The highest BCUT2D eigenvalue weighted by molar-refractivity contribution is 6.32. The summed E-state index contributed by atoms with van der Waals surface area (Å²) in [6.45, 7) is 7.72. The number of hydrogen-bond acceptors (Lipinski definition) is 3. The lowest BCUT2D eigenvalue weighted by molar-refractivity contribution is 0.474. The molecule has 4 nitrogen and oxygen atoms in total. The van der Waals surface area contributed by atoms with E-state index in [-0.39, 0.29) is 0 Å². The van der Waals surface area contributed by atoms with Gasteiger partial charge < -0.3 is 10.1 Å². The maximum Gasteiger partial charge on any atom is 0.171 e. The van der Waals surface area contributed by atoms with Gasteiger partial charge in [0, 0.05) is 13.6 Å². The van der Waals surface area contributed by atoms with E-state index in [9.17, 15) is 0 Å². The third kappa shape index (κ3) is 3.14. The van der Waals surface area contributed by atoms with Crippen LogP contribution in [0.2, 0.25) is 5.02 Å². The number of halogens is 1. The lowest BCUT2D eigenvalue weighted by Crippen LogP contribution is -2.11. The van der Waals surface area contributed by atoms with Gasteiger partial charge in [0.05, 0.1) is 10.7 Å². The number of aryl methyl sites for hydroxylation is 2. The Kier molecular flexibility index (Phi) is 4.68. The first-order chi connectivity index (χ1) is 9.52. The van der Waals surface area contributed by atoms with Crippen LogP contribution in [0.4, 0.5) is 0 Å². The van der Waals surface area contributed by atoms with Crippen LogP contribution in [0.1, 0.15) is 23.9 Å². The SMILES string of the molecule is CCNCc1ccc(Oc2c(C)nn(C)c2C)c(Cl)c1. The van der Waals surface area contributed by atoms with Crippen LogP contribution in [-0.4, -0.2) is 16.3 Å². The summed E-state index contributed by atoms with van der Waals surface area (Å²) in [7, 11) is 1.90. The second kappa shape index (κ2) is 6.29. The Bertz CT molecular complexity index is 607. The number of aromatic nitrogens is 2. The van der Waals surface area contributed by atoms with Gasteiger partial charge in [0.25, 0.3) is 0 Å². The van der Waals surface area contributed by atoms with E-state index in [1.807, 2.05) is 39.1 Å². The van der Waals surface area contributed by atoms with Crippen LogP contribution in [0.3, 0.4) is 0 Å². The third-order valence-corrected chi connectivity index (χ3v) is 3.53. The summed E-state index contributed by atoms with van der Waals surface area (Å²) in [5, 5.41) is 8.22. The van der Waals surface area contributed by atoms with E-state index in [0.29, 0.717) is 10.8 Å². The quantitative estimate of drug-likeness (QED) is 0.915. The Hall–Kier alpha value is -1.52. The van der Waals surface area contributed by atoms with Gasteiger partial charge in [-0.05, 0) is 38.1 Å². The Morgan fingerprint density at radius 1 is 1.35 bits per heavy atom. The first kappa shape index (κ1) is 14.9. The molecule has 0 aliphatic rings. The molecule has 1 aromatic carbocycles. The molecule has 0 amide bonds. The minimum atomic E-state index is 0.614. The summed E-state index contributed by atoms with van der Waals surface area (Å²) in [4.78, 5) is 0. The molecule has 0 atom stereocenters. The Labute approximate surface area is 124 Å². The molecule has 0 radical (unpaired) electrons. The van der Waals surface area contributed by atoms with E-state index in [0.717, 1.165) is 35.8 Å². The van der Waals surface area contributed by atoms with Gasteiger partial charge in [0.2, 0.25) is 0 Å². The fourth-order valence-corrected chi connectivity index (χ4v) is 2.26. The average Bonchev–Trinajstić information content (AvgIpc) is 2.65. The monoisotopic (exact) mass is 293 g/mol. The molecule has 0 saturated heterocycles. The molecule has 1 N–H and O–H groups in total. The summed E-state index contributed by atoms with van der Waals surface area (Å²) in [5.41, 5.74) is 2.98. The van der Waals surface area contributed by atoms with Crippen molar-refractivity contribution in [2.24, 2.45) is 7.05 Å². The lowest BCUT2D eigenvalue weighted by Gasteiger charge is -2.10. The van der Waals surface area contributed by atoms with Crippen molar-refractivity contribution in [3.05, 3.63) is 40.2 Å². The van der Waals surface area contributed by atoms with E-state index in [1.165, 1.54) is 0 Å². The van der Waals surface area contributed by atoms with Crippen molar-refractivity contribution >= 4 is 11.6 Å². The molecular weight excluding hydrogens is 274 g/mol. The predicted octanol–water partition coefficient (Wildman–Crippen LogP) is 3.59. The summed E-state index contributed by atoms with van der Waals surface area (Å²) < 4.78 is 7.72. The summed E-state index contributed by atoms with van der Waals surface area (Å²) >= 11 is 6.29. The number of nitrogens with one attached hydrogen (secondary N) is 1. The molecule has 1 heterocycles. The van der Waals surface area contributed by atoms with Crippen LogP contribution in [0.15, 0.2) is 18.2 Å². The van der Waals surface area contributed by atoms with E-state index in [1.54, 1.807) is 4.68 Å². The minimum Gasteiger partial charge on any atom is -0.452 e. The van der Waals surface area contributed by atoms with Crippen molar-refractivity contribution in [3.8, 4) is 11.5 Å². The normalized spacial score (nSPS) is 10.8. The molecule has 0 fully saturated rings. The molecule has 0 unspecified atom stereocenters. The zero-order valence-electron chi connectivity index (χ0n) is 12.3. The van der Waals surface area contributed by atoms with E-state index >= 15 is 0 Å². The summed E-state index contributed by atoms with van der Waals surface area (Å²) in [6.07, 6.45) is 0. The van der Waals surface area contributed by atoms with Gasteiger partial charge in [-0.3, -0.25) is 4.68 Å². The Morgan fingerprint density at radius 3 is 2.65 bits per heavy atom. The van der Waals surface area contributed by atoms with Crippen LogP contribution < -0.4 is 10.1 Å². The molecule has 0 spiro atoms. The Balaban J connectivity index is 2.21. The van der Waals surface area contributed by atoms with E-state index in [2.05, 4.69) is 17.3 Å². The van der Waals surface area contributed by atoms with Gasteiger partial charge in [0.15, 0.2) is 5.75 Å².